The minimum Gasteiger partial charge on any atom is -0.462 e. The lowest BCUT2D eigenvalue weighted by Gasteiger charge is -2.18. The van der Waals surface area contributed by atoms with E-state index in [-0.39, 0.29) is 31.1 Å². The second-order valence-electron chi connectivity index (χ2n) is 21.2. The van der Waals surface area contributed by atoms with Crippen molar-refractivity contribution in [3.8, 4) is 0 Å². The number of unbranched alkanes of at least 4 members (excludes halogenated alkanes) is 38. The molecule has 0 rings (SSSR count). The molecule has 0 aliphatic rings. The van der Waals surface area contributed by atoms with Crippen LogP contribution in [-0.4, -0.2) is 37.2 Å². The highest BCUT2D eigenvalue weighted by molar-refractivity contribution is 5.71. The number of carbonyl (C=O) groups excluding carboxylic acids is 3. The number of ether oxygens (including phenoxy) is 3. The first kappa shape index (κ1) is 63.4. The van der Waals surface area contributed by atoms with Gasteiger partial charge in [0.05, 0.1) is 0 Å². The van der Waals surface area contributed by atoms with E-state index in [1.54, 1.807) is 0 Å². The van der Waals surface area contributed by atoms with Crippen molar-refractivity contribution in [3.63, 3.8) is 0 Å². The van der Waals surface area contributed by atoms with E-state index in [9.17, 15) is 14.4 Å². The van der Waals surface area contributed by atoms with Crippen LogP contribution < -0.4 is 0 Å². The van der Waals surface area contributed by atoms with Crippen LogP contribution in [0.3, 0.4) is 0 Å². The average Bonchev–Trinajstić information content (AvgIpc) is 3.28. The Morgan fingerprint density at radius 3 is 0.754 bits per heavy atom. The Morgan fingerprint density at radius 2 is 0.508 bits per heavy atom. The van der Waals surface area contributed by atoms with E-state index in [1.807, 2.05) is 0 Å². The van der Waals surface area contributed by atoms with Crippen LogP contribution in [-0.2, 0) is 28.6 Å². The highest BCUT2D eigenvalue weighted by Crippen LogP contribution is 2.18. The maximum absolute atomic E-state index is 12.8. The second kappa shape index (κ2) is 51.8. The van der Waals surface area contributed by atoms with Crippen molar-refractivity contribution in [1.29, 1.82) is 0 Å². The fraction of sp³-hybridized carbons (Fsp3) is 0.949. The molecule has 1 atom stereocenters. The Hall–Kier alpha value is -1.59. The largest absolute Gasteiger partial charge is 0.462 e. The van der Waals surface area contributed by atoms with Gasteiger partial charge in [-0.2, -0.15) is 0 Å². The zero-order chi connectivity index (χ0) is 47.5. The predicted molar refractivity (Wildman–Crippen MR) is 280 cm³/mol. The SMILES string of the molecule is CCCCCCCCCCCC(=O)OC[C@H](COC(=O)CCCCCCCCCCCCCCCCC(C)C)OC(=O)CCCCCCCCCCCCCCCCCCCCC(C)C. The monoisotopic (exact) mass is 919 g/mol. The highest BCUT2D eigenvalue weighted by Gasteiger charge is 2.19. The molecule has 0 radical (unpaired) electrons. The number of hydrogen-bond acceptors (Lipinski definition) is 6. The minimum absolute atomic E-state index is 0.0627. The lowest BCUT2D eigenvalue weighted by molar-refractivity contribution is -0.167. The smallest absolute Gasteiger partial charge is 0.306 e. The molecule has 0 aromatic heterocycles. The lowest BCUT2D eigenvalue weighted by atomic mass is 10.0. The van der Waals surface area contributed by atoms with Crippen molar-refractivity contribution in [2.75, 3.05) is 13.2 Å². The van der Waals surface area contributed by atoms with E-state index >= 15 is 0 Å². The van der Waals surface area contributed by atoms with Gasteiger partial charge in [-0.1, -0.05) is 291 Å². The molecule has 0 aliphatic carbocycles. The number of esters is 3. The molecule has 0 bridgehead atoms. The molecule has 386 valence electrons. The molecule has 0 spiro atoms. The fourth-order valence-electron chi connectivity index (χ4n) is 9.05. The molecule has 0 aromatic rings. The van der Waals surface area contributed by atoms with Crippen LogP contribution in [0.5, 0.6) is 0 Å². The van der Waals surface area contributed by atoms with Crippen molar-refractivity contribution >= 4 is 17.9 Å². The number of hydrogen-bond donors (Lipinski definition) is 0. The van der Waals surface area contributed by atoms with Gasteiger partial charge in [0, 0.05) is 19.3 Å². The predicted octanol–water partition coefficient (Wildman–Crippen LogP) is 19.3. The van der Waals surface area contributed by atoms with Gasteiger partial charge in [0.2, 0.25) is 0 Å². The first-order chi connectivity index (χ1) is 31.7. The molecular formula is C59H114O6. The van der Waals surface area contributed by atoms with Gasteiger partial charge in [-0.25, -0.2) is 0 Å². The topological polar surface area (TPSA) is 78.9 Å². The summed E-state index contributed by atoms with van der Waals surface area (Å²) < 4.78 is 16.9. The van der Waals surface area contributed by atoms with Crippen molar-refractivity contribution in [3.05, 3.63) is 0 Å². The second-order valence-corrected chi connectivity index (χ2v) is 21.2. The van der Waals surface area contributed by atoms with Gasteiger partial charge in [-0.15, -0.1) is 0 Å². The summed E-state index contributed by atoms with van der Waals surface area (Å²) in [7, 11) is 0. The zero-order valence-corrected chi connectivity index (χ0v) is 44.6. The van der Waals surface area contributed by atoms with Crippen LogP contribution in [0.4, 0.5) is 0 Å². The third kappa shape index (κ3) is 53.2. The van der Waals surface area contributed by atoms with E-state index in [1.165, 1.54) is 218 Å². The van der Waals surface area contributed by atoms with Gasteiger partial charge < -0.3 is 14.2 Å². The summed E-state index contributed by atoms with van der Waals surface area (Å²) >= 11 is 0. The maximum Gasteiger partial charge on any atom is 0.306 e. The molecule has 65 heavy (non-hydrogen) atoms. The van der Waals surface area contributed by atoms with E-state index in [0.29, 0.717) is 19.3 Å². The first-order valence-corrected chi connectivity index (χ1v) is 29.2. The van der Waals surface area contributed by atoms with E-state index in [4.69, 9.17) is 14.2 Å². The molecule has 0 fully saturated rings. The highest BCUT2D eigenvalue weighted by atomic mass is 16.6. The lowest BCUT2D eigenvalue weighted by Crippen LogP contribution is -2.30. The van der Waals surface area contributed by atoms with Gasteiger partial charge in [-0.05, 0) is 31.1 Å². The van der Waals surface area contributed by atoms with Crippen molar-refractivity contribution in [2.24, 2.45) is 11.8 Å². The molecule has 0 saturated carbocycles. The fourth-order valence-corrected chi connectivity index (χ4v) is 9.05. The summed E-state index contributed by atoms with van der Waals surface area (Å²) in [6.45, 7) is 11.4. The standard InChI is InChI=1S/C59H114O6/c1-6-7-8-9-10-27-34-39-44-49-57(60)63-52-56(53-64-58(61)50-45-40-35-30-25-21-18-17-20-24-29-33-38-43-48-55(4)5)65-59(62)51-46-41-36-31-26-22-16-14-12-11-13-15-19-23-28-32-37-42-47-54(2)3/h54-56H,6-53H2,1-5H3/t56-/m1/s1. The molecule has 6 heteroatoms. The number of rotatable bonds is 53. The molecular weight excluding hydrogens is 805 g/mol. The van der Waals surface area contributed by atoms with Gasteiger partial charge in [0.25, 0.3) is 0 Å². The van der Waals surface area contributed by atoms with Crippen LogP contribution >= 0.6 is 0 Å². The van der Waals surface area contributed by atoms with Gasteiger partial charge in [-0.3, -0.25) is 14.4 Å². The summed E-state index contributed by atoms with van der Waals surface area (Å²) in [5.74, 6) is 0.862. The molecule has 0 N–H and O–H groups in total. The van der Waals surface area contributed by atoms with Crippen molar-refractivity contribution in [1.82, 2.24) is 0 Å². The van der Waals surface area contributed by atoms with Crippen LogP contribution in [0.2, 0.25) is 0 Å². The Kier molecular flexibility index (Phi) is 50.5. The van der Waals surface area contributed by atoms with Crippen LogP contribution in [0.25, 0.3) is 0 Å². The van der Waals surface area contributed by atoms with Gasteiger partial charge in [0.1, 0.15) is 13.2 Å². The first-order valence-electron chi connectivity index (χ1n) is 29.2. The summed E-state index contributed by atoms with van der Waals surface area (Å²) in [5.41, 5.74) is 0. The Balaban J connectivity index is 4.19. The molecule has 0 amide bonds. The minimum atomic E-state index is -0.762. The molecule has 0 aliphatic heterocycles. The average molecular weight is 920 g/mol. The van der Waals surface area contributed by atoms with Gasteiger partial charge >= 0.3 is 17.9 Å². The Labute approximate surface area is 406 Å². The van der Waals surface area contributed by atoms with E-state index < -0.39 is 6.10 Å². The molecule has 0 heterocycles. The van der Waals surface area contributed by atoms with E-state index in [2.05, 4.69) is 34.6 Å². The zero-order valence-electron chi connectivity index (χ0n) is 44.6. The Morgan fingerprint density at radius 1 is 0.292 bits per heavy atom. The van der Waals surface area contributed by atoms with Crippen LogP contribution in [0, 0.1) is 11.8 Å². The number of carbonyl (C=O) groups is 3. The molecule has 0 saturated heterocycles. The molecule has 0 aromatic carbocycles. The summed E-state index contributed by atoms with van der Waals surface area (Å²) in [6.07, 6.45) is 55.3. The normalized spacial score (nSPS) is 12.0. The molecule has 6 nitrogen and oxygen atoms in total. The summed E-state index contributed by atoms with van der Waals surface area (Å²) in [5, 5.41) is 0. The third-order valence-corrected chi connectivity index (χ3v) is 13.5. The van der Waals surface area contributed by atoms with Gasteiger partial charge in [0.15, 0.2) is 6.10 Å². The van der Waals surface area contributed by atoms with Crippen LogP contribution in [0.15, 0.2) is 0 Å². The summed E-state index contributed by atoms with van der Waals surface area (Å²) in [6, 6.07) is 0. The van der Waals surface area contributed by atoms with Crippen LogP contribution in [0.1, 0.15) is 330 Å². The summed E-state index contributed by atoms with van der Waals surface area (Å²) in [4.78, 5) is 38.0. The third-order valence-electron chi connectivity index (χ3n) is 13.5. The quantitative estimate of drug-likeness (QED) is 0.0344. The van der Waals surface area contributed by atoms with Crippen molar-refractivity contribution < 1.29 is 28.6 Å². The molecule has 0 unspecified atom stereocenters. The van der Waals surface area contributed by atoms with Crippen molar-refractivity contribution in [2.45, 2.75) is 336 Å². The maximum atomic E-state index is 12.8. The van der Waals surface area contributed by atoms with E-state index in [0.717, 1.165) is 69.6 Å². The Bertz CT molecular complexity index is 993.